The number of nitrogens with zero attached hydrogens (tertiary/aromatic N) is 1. The monoisotopic (exact) mass is 473 g/mol. The number of carbonyl (C=O) groups is 1. The minimum atomic E-state index is 0.130. The molecule has 1 saturated heterocycles. The first-order chi connectivity index (χ1) is 17.2. The second-order valence-electron chi connectivity index (χ2n) is 10.1. The summed E-state index contributed by atoms with van der Waals surface area (Å²) >= 11 is 0. The SMILES string of the molecule is CCN(CC)C(=O)C1=CCC=C(C(=C2CCNCC2)c2cccc(NCC3CCCCC3)c2)C=C1. The molecule has 0 spiro atoms. The first kappa shape index (κ1) is 25.5. The van der Waals surface area contributed by atoms with Crippen LogP contribution in [0.1, 0.15) is 70.8 Å². The maximum Gasteiger partial charge on any atom is 0.253 e. The van der Waals surface area contributed by atoms with Crippen LogP contribution >= 0.6 is 0 Å². The molecular weight excluding hydrogens is 430 g/mol. The Kier molecular flexibility index (Phi) is 9.42. The highest BCUT2D eigenvalue weighted by Gasteiger charge is 2.19. The van der Waals surface area contributed by atoms with Gasteiger partial charge in [-0.1, -0.05) is 55.2 Å². The van der Waals surface area contributed by atoms with E-state index in [-0.39, 0.29) is 5.91 Å². The summed E-state index contributed by atoms with van der Waals surface area (Å²) in [5.74, 6) is 0.931. The molecule has 2 N–H and O–H groups in total. The van der Waals surface area contributed by atoms with Gasteiger partial charge in [0.2, 0.25) is 0 Å². The number of benzene rings is 1. The van der Waals surface area contributed by atoms with Crippen LogP contribution in [0.5, 0.6) is 0 Å². The van der Waals surface area contributed by atoms with E-state index >= 15 is 0 Å². The molecule has 2 aliphatic carbocycles. The Labute approximate surface area is 212 Å². The first-order valence-electron chi connectivity index (χ1n) is 13.8. The fraction of sp³-hybridized carbons (Fsp3) is 0.516. The van der Waals surface area contributed by atoms with Crippen molar-refractivity contribution >= 4 is 17.2 Å². The van der Waals surface area contributed by atoms with E-state index in [4.69, 9.17) is 0 Å². The van der Waals surface area contributed by atoms with Gasteiger partial charge in [-0.05, 0) is 99.9 Å². The van der Waals surface area contributed by atoms with E-state index in [2.05, 4.69) is 53.1 Å². The molecule has 1 aliphatic heterocycles. The quantitative estimate of drug-likeness (QED) is 0.453. The van der Waals surface area contributed by atoms with Crippen LogP contribution in [0.4, 0.5) is 5.69 Å². The summed E-state index contributed by atoms with van der Waals surface area (Å²) in [5, 5.41) is 7.25. The Hall–Kier alpha value is -2.59. The Morgan fingerprint density at radius 1 is 1.00 bits per heavy atom. The number of hydrogen-bond acceptors (Lipinski definition) is 3. The molecule has 0 unspecified atom stereocenters. The van der Waals surface area contributed by atoms with Crippen LogP contribution in [0, 0.1) is 5.92 Å². The summed E-state index contributed by atoms with van der Waals surface area (Å²) in [7, 11) is 0. The summed E-state index contributed by atoms with van der Waals surface area (Å²) in [6.07, 6.45) is 18.4. The van der Waals surface area contributed by atoms with Crippen LogP contribution in [-0.2, 0) is 4.79 Å². The third-order valence-electron chi connectivity index (χ3n) is 7.74. The van der Waals surface area contributed by atoms with Gasteiger partial charge in [-0.3, -0.25) is 4.79 Å². The van der Waals surface area contributed by atoms with Crippen molar-refractivity contribution in [3.63, 3.8) is 0 Å². The second-order valence-corrected chi connectivity index (χ2v) is 10.1. The number of allylic oxidation sites excluding steroid dienone is 5. The molecule has 0 atom stereocenters. The largest absolute Gasteiger partial charge is 0.385 e. The van der Waals surface area contributed by atoms with Crippen LogP contribution in [0.2, 0.25) is 0 Å². The zero-order valence-corrected chi connectivity index (χ0v) is 21.7. The molecule has 0 aromatic heterocycles. The molecule has 1 amide bonds. The molecule has 1 aromatic rings. The van der Waals surface area contributed by atoms with Crippen LogP contribution in [0.25, 0.3) is 5.57 Å². The standard InChI is InChI=1S/C31H43N3O/c1-3-34(4-2)31(35)27-13-8-12-25(16-17-27)30(26-18-20-32-21-19-26)28-14-9-15-29(22-28)33-23-24-10-6-5-7-11-24/h9,12-17,22,24,32-33H,3-8,10-11,18-21,23H2,1-2H3. The number of rotatable bonds is 8. The Bertz CT molecular complexity index is 982. The van der Waals surface area contributed by atoms with Crippen molar-refractivity contribution in [3.05, 3.63) is 70.9 Å². The lowest BCUT2D eigenvalue weighted by molar-refractivity contribution is -0.126. The molecule has 1 saturated carbocycles. The highest BCUT2D eigenvalue weighted by molar-refractivity contribution is 5.97. The summed E-state index contributed by atoms with van der Waals surface area (Å²) < 4.78 is 0. The highest BCUT2D eigenvalue weighted by Crippen LogP contribution is 2.35. The lowest BCUT2D eigenvalue weighted by Gasteiger charge is -2.24. The maximum atomic E-state index is 13.0. The fourth-order valence-electron chi connectivity index (χ4n) is 5.66. The molecule has 188 valence electrons. The lowest BCUT2D eigenvalue weighted by atomic mass is 9.87. The molecule has 4 nitrogen and oxygen atoms in total. The van der Waals surface area contributed by atoms with E-state index < -0.39 is 0 Å². The number of anilines is 1. The number of amides is 1. The van der Waals surface area contributed by atoms with Crippen LogP contribution in [-0.4, -0.2) is 43.5 Å². The molecule has 2 fully saturated rings. The fourth-order valence-corrected chi connectivity index (χ4v) is 5.66. The normalized spacial score (nSPS) is 19.0. The van der Waals surface area contributed by atoms with E-state index in [1.165, 1.54) is 60.1 Å². The van der Waals surface area contributed by atoms with E-state index in [9.17, 15) is 4.79 Å². The molecule has 4 rings (SSSR count). The topological polar surface area (TPSA) is 44.4 Å². The zero-order valence-electron chi connectivity index (χ0n) is 21.7. The summed E-state index contributed by atoms with van der Waals surface area (Å²) in [5.41, 5.74) is 7.41. The Morgan fingerprint density at radius 2 is 1.71 bits per heavy atom. The first-order valence-corrected chi connectivity index (χ1v) is 13.8. The minimum absolute atomic E-state index is 0.130. The van der Waals surface area contributed by atoms with Crippen molar-refractivity contribution in [1.29, 1.82) is 0 Å². The lowest BCUT2D eigenvalue weighted by Crippen LogP contribution is -2.31. The molecule has 4 heteroatoms. The van der Waals surface area contributed by atoms with Gasteiger partial charge in [0.25, 0.3) is 5.91 Å². The van der Waals surface area contributed by atoms with Gasteiger partial charge in [0.05, 0.1) is 0 Å². The average Bonchev–Trinajstić information content (AvgIpc) is 3.16. The van der Waals surface area contributed by atoms with Crippen molar-refractivity contribution in [2.75, 3.05) is 38.0 Å². The molecule has 1 aromatic carbocycles. The van der Waals surface area contributed by atoms with Gasteiger partial charge in [0.15, 0.2) is 0 Å². The number of piperidine rings is 1. The second kappa shape index (κ2) is 12.9. The van der Waals surface area contributed by atoms with Gasteiger partial charge < -0.3 is 15.5 Å². The number of carbonyl (C=O) groups excluding carboxylic acids is 1. The van der Waals surface area contributed by atoms with Gasteiger partial charge >= 0.3 is 0 Å². The highest BCUT2D eigenvalue weighted by atomic mass is 16.2. The Balaban J connectivity index is 1.58. The predicted octanol–water partition coefficient (Wildman–Crippen LogP) is 6.50. The maximum absolute atomic E-state index is 13.0. The van der Waals surface area contributed by atoms with Crippen molar-refractivity contribution < 1.29 is 4.79 Å². The van der Waals surface area contributed by atoms with Gasteiger partial charge in [-0.25, -0.2) is 0 Å². The number of hydrogen-bond donors (Lipinski definition) is 2. The van der Waals surface area contributed by atoms with Crippen molar-refractivity contribution in [2.45, 2.75) is 65.2 Å². The smallest absolute Gasteiger partial charge is 0.253 e. The molecule has 0 bridgehead atoms. The molecular formula is C31H43N3O. The van der Waals surface area contributed by atoms with E-state index in [0.29, 0.717) is 0 Å². The van der Waals surface area contributed by atoms with E-state index in [1.807, 2.05) is 24.8 Å². The van der Waals surface area contributed by atoms with Gasteiger partial charge in [0, 0.05) is 30.9 Å². The zero-order chi connectivity index (χ0) is 24.5. The average molecular weight is 474 g/mol. The third-order valence-corrected chi connectivity index (χ3v) is 7.74. The summed E-state index contributed by atoms with van der Waals surface area (Å²) in [6.45, 7) is 8.69. The van der Waals surface area contributed by atoms with Crippen molar-refractivity contribution in [1.82, 2.24) is 10.2 Å². The predicted molar refractivity (Wildman–Crippen MR) is 148 cm³/mol. The van der Waals surface area contributed by atoms with Crippen LogP contribution < -0.4 is 10.6 Å². The van der Waals surface area contributed by atoms with Gasteiger partial charge in [-0.15, -0.1) is 0 Å². The van der Waals surface area contributed by atoms with Crippen molar-refractivity contribution in [2.24, 2.45) is 5.92 Å². The van der Waals surface area contributed by atoms with Crippen LogP contribution in [0.3, 0.4) is 0 Å². The molecule has 3 aliphatic rings. The van der Waals surface area contributed by atoms with Gasteiger partial charge in [0.1, 0.15) is 0 Å². The molecule has 1 heterocycles. The molecule has 35 heavy (non-hydrogen) atoms. The van der Waals surface area contributed by atoms with E-state index in [1.54, 1.807) is 0 Å². The van der Waals surface area contributed by atoms with Crippen LogP contribution in [0.15, 0.2) is 65.3 Å². The van der Waals surface area contributed by atoms with Gasteiger partial charge in [-0.2, -0.15) is 0 Å². The van der Waals surface area contributed by atoms with E-state index in [0.717, 1.165) is 63.5 Å². The number of likely N-dealkylation sites (N-methyl/N-ethyl adjacent to an activating group) is 1. The minimum Gasteiger partial charge on any atom is -0.385 e. The summed E-state index contributed by atoms with van der Waals surface area (Å²) in [4.78, 5) is 14.9. The Morgan fingerprint density at radius 3 is 2.46 bits per heavy atom. The summed E-state index contributed by atoms with van der Waals surface area (Å²) in [6, 6.07) is 8.98. The van der Waals surface area contributed by atoms with Crippen molar-refractivity contribution in [3.8, 4) is 0 Å². The third kappa shape index (κ3) is 6.76. The molecule has 0 radical (unpaired) electrons. The number of nitrogens with one attached hydrogen (secondary N) is 2.